The molecule has 0 bridgehead atoms. The molecule has 28 heavy (non-hydrogen) atoms. The fourth-order valence-electron chi connectivity index (χ4n) is 3.01. The van der Waals surface area contributed by atoms with Gasteiger partial charge in [-0.05, 0) is 26.0 Å². The summed E-state index contributed by atoms with van der Waals surface area (Å²) >= 11 is 1.38. The lowest BCUT2D eigenvalue weighted by Gasteiger charge is -2.10. The lowest BCUT2D eigenvalue weighted by atomic mass is 10.3. The van der Waals surface area contributed by atoms with Crippen LogP contribution in [-0.4, -0.2) is 47.7 Å². The summed E-state index contributed by atoms with van der Waals surface area (Å²) in [5.74, 6) is 1.01. The zero-order chi connectivity index (χ0) is 20.3. The van der Waals surface area contributed by atoms with Gasteiger partial charge in [0.1, 0.15) is 21.7 Å². The summed E-state index contributed by atoms with van der Waals surface area (Å²) < 4.78 is 21.0. The summed E-state index contributed by atoms with van der Waals surface area (Å²) in [6.45, 7) is 5.42. The molecule has 9 heteroatoms. The first-order valence-corrected chi connectivity index (χ1v) is 9.73. The summed E-state index contributed by atoms with van der Waals surface area (Å²) in [4.78, 5) is 17.7. The largest absolute Gasteiger partial charge is 0.495 e. The zero-order valence-corrected chi connectivity index (χ0v) is 17.5. The van der Waals surface area contributed by atoms with Gasteiger partial charge in [0.2, 0.25) is 0 Å². The van der Waals surface area contributed by atoms with Gasteiger partial charge in [-0.1, -0.05) is 11.3 Å². The van der Waals surface area contributed by atoms with Crippen LogP contribution in [0.1, 0.15) is 23.0 Å². The smallest absolute Gasteiger partial charge is 0.300 e. The first-order chi connectivity index (χ1) is 13.5. The van der Waals surface area contributed by atoms with E-state index >= 15 is 0 Å². The van der Waals surface area contributed by atoms with Crippen LogP contribution in [0.5, 0.6) is 11.5 Å². The molecule has 1 aromatic carbocycles. The van der Waals surface area contributed by atoms with Crippen molar-refractivity contribution in [2.24, 2.45) is 12.0 Å². The van der Waals surface area contributed by atoms with Crippen LogP contribution in [0.4, 0.5) is 0 Å². The molecule has 0 aliphatic heterocycles. The maximum atomic E-state index is 12.8. The van der Waals surface area contributed by atoms with Crippen molar-refractivity contribution < 1.29 is 19.0 Å². The molecule has 2 heterocycles. The maximum Gasteiger partial charge on any atom is 0.300 e. The highest BCUT2D eigenvalue weighted by Gasteiger charge is 2.18. The fourth-order valence-corrected chi connectivity index (χ4v) is 4.17. The molecule has 0 radical (unpaired) electrons. The van der Waals surface area contributed by atoms with Gasteiger partial charge in [-0.2, -0.15) is 10.1 Å². The van der Waals surface area contributed by atoms with Gasteiger partial charge in [0.25, 0.3) is 5.91 Å². The average Bonchev–Trinajstić information content (AvgIpc) is 3.20. The van der Waals surface area contributed by atoms with Gasteiger partial charge in [0.15, 0.2) is 10.5 Å². The lowest BCUT2D eigenvalue weighted by molar-refractivity contribution is 0.0990. The number of benzene rings is 1. The van der Waals surface area contributed by atoms with E-state index in [1.807, 2.05) is 30.5 Å². The lowest BCUT2D eigenvalue weighted by Crippen LogP contribution is -2.20. The van der Waals surface area contributed by atoms with E-state index in [0.717, 1.165) is 15.8 Å². The van der Waals surface area contributed by atoms with E-state index in [-0.39, 0.29) is 5.91 Å². The Morgan fingerprint density at radius 2 is 1.96 bits per heavy atom. The number of nitrogens with zero attached hydrogens (tertiary/aromatic N) is 4. The predicted octanol–water partition coefficient (Wildman–Crippen LogP) is 2.54. The minimum atomic E-state index is -0.382. The minimum absolute atomic E-state index is 0.343. The van der Waals surface area contributed by atoms with Crippen LogP contribution in [-0.2, 0) is 18.3 Å². The number of hydrogen-bond donors (Lipinski definition) is 0. The molecule has 0 unspecified atom stereocenters. The molecule has 0 aliphatic rings. The van der Waals surface area contributed by atoms with Gasteiger partial charge in [0, 0.05) is 32.0 Å². The summed E-state index contributed by atoms with van der Waals surface area (Å²) in [5, 5.41) is 4.23. The number of aromatic nitrogens is 3. The van der Waals surface area contributed by atoms with Gasteiger partial charge < -0.3 is 18.8 Å². The van der Waals surface area contributed by atoms with Crippen molar-refractivity contribution in [3.63, 3.8) is 0 Å². The Labute approximate surface area is 167 Å². The molecule has 3 rings (SSSR count). The van der Waals surface area contributed by atoms with Crippen LogP contribution in [0.3, 0.4) is 0 Å². The SMILES string of the molecule is CCOCCn1c(=NC(=O)c2nn(C)cc2C)sc2c(OC)ccc(OC)c21. The summed E-state index contributed by atoms with van der Waals surface area (Å²) in [6.07, 6.45) is 1.79. The Morgan fingerprint density at radius 1 is 1.25 bits per heavy atom. The summed E-state index contributed by atoms with van der Waals surface area (Å²) in [6, 6.07) is 3.69. The molecule has 0 N–H and O–H groups in total. The van der Waals surface area contributed by atoms with E-state index < -0.39 is 0 Å². The quantitative estimate of drug-likeness (QED) is 0.566. The van der Waals surface area contributed by atoms with Crippen molar-refractivity contribution in [3.05, 3.63) is 34.4 Å². The molecular weight excluding hydrogens is 380 g/mol. The van der Waals surface area contributed by atoms with Crippen molar-refractivity contribution in [2.45, 2.75) is 20.4 Å². The molecule has 0 saturated heterocycles. The number of methoxy groups -OCH3 is 2. The zero-order valence-electron chi connectivity index (χ0n) is 16.7. The standard InChI is InChI=1S/C19H24N4O4S/c1-6-27-10-9-23-16-13(25-4)7-8-14(26-5)17(16)28-19(23)20-18(24)15-12(2)11-22(3)21-15/h7-8,11H,6,9-10H2,1-5H3. The van der Waals surface area contributed by atoms with Crippen molar-refractivity contribution in [2.75, 3.05) is 27.4 Å². The minimum Gasteiger partial charge on any atom is -0.495 e. The van der Waals surface area contributed by atoms with Crippen molar-refractivity contribution >= 4 is 27.5 Å². The van der Waals surface area contributed by atoms with Crippen LogP contribution >= 0.6 is 11.3 Å². The van der Waals surface area contributed by atoms with Gasteiger partial charge in [-0.25, -0.2) is 0 Å². The van der Waals surface area contributed by atoms with E-state index in [1.165, 1.54) is 11.3 Å². The second-order valence-electron chi connectivity index (χ2n) is 6.13. The van der Waals surface area contributed by atoms with Gasteiger partial charge in [-0.3, -0.25) is 9.48 Å². The number of rotatable bonds is 7. The predicted molar refractivity (Wildman–Crippen MR) is 107 cm³/mol. The number of fused-ring (bicyclic) bond motifs is 1. The number of ether oxygens (including phenoxy) is 3. The Hall–Kier alpha value is -2.65. The fraction of sp³-hybridized carbons (Fsp3) is 0.421. The molecular formula is C19H24N4O4S. The Balaban J connectivity index is 2.21. The first kappa shape index (κ1) is 20.1. The third-order valence-corrected chi connectivity index (χ3v) is 5.36. The number of thiazole rings is 1. The van der Waals surface area contributed by atoms with Crippen LogP contribution in [0.2, 0.25) is 0 Å². The molecule has 2 aromatic heterocycles. The van der Waals surface area contributed by atoms with E-state index in [2.05, 4.69) is 10.1 Å². The second kappa shape index (κ2) is 8.57. The normalized spacial score (nSPS) is 12.0. The number of carbonyl (C=O) groups excluding carboxylic acids is 1. The molecule has 8 nitrogen and oxygen atoms in total. The number of hydrogen-bond acceptors (Lipinski definition) is 6. The Morgan fingerprint density at radius 3 is 2.57 bits per heavy atom. The molecule has 150 valence electrons. The van der Waals surface area contributed by atoms with Crippen molar-refractivity contribution in [1.82, 2.24) is 14.3 Å². The van der Waals surface area contributed by atoms with Crippen molar-refractivity contribution in [1.29, 1.82) is 0 Å². The molecule has 1 amide bonds. The van der Waals surface area contributed by atoms with E-state index in [4.69, 9.17) is 14.2 Å². The Kier molecular flexibility index (Phi) is 6.15. The molecule has 0 fully saturated rings. The average molecular weight is 404 g/mol. The topological polar surface area (TPSA) is 79.9 Å². The third kappa shape index (κ3) is 3.81. The second-order valence-corrected chi connectivity index (χ2v) is 7.11. The van der Waals surface area contributed by atoms with Gasteiger partial charge in [0.05, 0.1) is 20.8 Å². The molecule has 0 aliphatic carbocycles. The maximum absolute atomic E-state index is 12.8. The van der Waals surface area contributed by atoms with Crippen LogP contribution in [0, 0.1) is 6.92 Å². The van der Waals surface area contributed by atoms with Gasteiger partial charge >= 0.3 is 0 Å². The first-order valence-electron chi connectivity index (χ1n) is 8.91. The molecule has 0 atom stereocenters. The third-order valence-electron chi connectivity index (χ3n) is 4.27. The van der Waals surface area contributed by atoms with Crippen LogP contribution < -0.4 is 14.3 Å². The Bertz CT molecular complexity index is 1060. The molecule has 0 saturated carbocycles. The van der Waals surface area contributed by atoms with E-state index in [9.17, 15) is 4.79 Å². The van der Waals surface area contributed by atoms with E-state index in [1.54, 1.807) is 32.1 Å². The monoisotopic (exact) mass is 404 g/mol. The summed E-state index contributed by atoms with van der Waals surface area (Å²) in [5.41, 5.74) is 1.96. The molecule has 0 spiro atoms. The number of carbonyl (C=O) groups is 1. The highest BCUT2D eigenvalue weighted by molar-refractivity contribution is 7.16. The molecule has 3 aromatic rings. The summed E-state index contributed by atoms with van der Waals surface area (Å²) in [7, 11) is 5.01. The van der Waals surface area contributed by atoms with Gasteiger partial charge in [-0.15, -0.1) is 0 Å². The highest BCUT2D eigenvalue weighted by atomic mass is 32.1. The van der Waals surface area contributed by atoms with Crippen LogP contribution in [0.25, 0.3) is 10.2 Å². The number of aryl methyl sites for hydroxylation is 2. The van der Waals surface area contributed by atoms with E-state index in [0.29, 0.717) is 41.8 Å². The van der Waals surface area contributed by atoms with Crippen molar-refractivity contribution in [3.8, 4) is 11.5 Å². The highest BCUT2D eigenvalue weighted by Crippen LogP contribution is 2.35. The number of amides is 1. The van der Waals surface area contributed by atoms with Crippen LogP contribution in [0.15, 0.2) is 23.3 Å².